The van der Waals surface area contributed by atoms with E-state index in [0.29, 0.717) is 13.1 Å². The highest BCUT2D eigenvalue weighted by molar-refractivity contribution is 6.35. The molecule has 0 saturated carbocycles. The summed E-state index contributed by atoms with van der Waals surface area (Å²) in [5.74, 6) is -0.626. The monoisotopic (exact) mass is 239 g/mol. The summed E-state index contributed by atoms with van der Waals surface area (Å²) < 4.78 is 0. The van der Waals surface area contributed by atoms with E-state index in [1.807, 2.05) is 6.92 Å². The van der Waals surface area contributed by atoms with Crippen LogP contribution in [0.15, 0.2) is 0 Å². The molecule has 1 atom stereocenters. The van der Waals surface area contributed by atoms with Gasteiger partial charge in [0, 0.05) is 38.8 Å². The number of likely N-dealkylation sites (tertiary alicyclic amines) is 1. The number of carbonyl (C=O) groups excluding carboxylic acids is 2. The Balaban J connectivity index is 1.95. The van der Waals surface area contributed by atoms with Crippen molar-refractivity contribution in [3.63, 3.8) is 0 Å². The van der Waals surface area contributed by atoms with Crippen LogP contribution in [-0.4, -0.2) is 60.4 Å². The molecule has 2 fully saturated rings. The van der Waals surface area contributed by atoms with E-state index in [9.17, 15) is 9.59 Å². The number of rotatable bonds is 0. The van der Waals surface area contributed by atoms with Crippen LogP contribution in [0.1, 0.15) is 26.2 Å². The van der Waals surface area contributed by atoms with Crippen molar-refractivity contribution < 1.29 is 9.59 Å². The molecular formula is C12H21N3O2. The van der Waals surface area contributed by atoms with Crippen LogP contribution in [0, 0.1) is 0 Å². The molecule has 0 aromatic heterocycles. The van der Waals surface area contributed by atoms with Crippen LogP contribution in [0.2, 0.25) is 0 Å². The highest BCUT2D eigenvalue weighted by Gasteiger charge is 2.31. The van der Waals surface area contributed by atoms with Crippen LogP contribution in [0.3, 0.4) is 0 Å². The molecule has 0 radical (unpaired) electrons. The first kappa shape index (κ1) is 12.4. The average molecular weight is 239 g/mol. The first-order valence-electron chi connectivity index (χ1n) is 6.51. The summed E-state index contributed by atoms with van der Waals surface area (Å²) in [4.78, 5) is 27.6. The fourth-order valence-electron chi connectivity index (χ4n) is 2.53. The lowest BCUT2D eigenvalue weighted by Crippen LogP contribution is -2.54. The third kappa shape index (κ3) is 2.77. The summed E-state index contributed by atoms with van der Waals surface area (Å²) in [7, 11) is 0. The molecule has 17 heavy (non-hydrogen) atoms. The Bertz CT molecular complexity index is 300. The zero-order valence-electron chi connectivity index (χ0n) is 10.4. The van der Waals surface area contributed by atoms with Crippen molar-refractivity contribution in [3.8, 4) is 0 Å². The summed E-state index contributed by atoms with van der Waals surface area (Å²) in [5, 5.41) is 3.18. The number of nitrogens with one attached hydrogen (secondary N) is 1. The minimum Gasteiger partial charge on any atom is -0.332 e. The Morgan fingerprint density at radius 3 is 2.41 bits per heavy atom. The molecule has 0 bridgehead atoms. The van der Waals surface area contributed by atoms with E-state index in [2.05, 4.69) is 5.32 Å². The van der Waals surface area contributed by atoms with E-state index < -0.39 is 0 Å². The van der Waals surface area contributed by atoms with Gasteiger partial charge < -0.3 is 15.1 Å². The normalized spacial score (nSPS) is 25.8. The molecule has 2 saturated heterocycles. The van der Waals surface area contributed by atoms with Gasteiger partial charge in [0.1, 0.15) is 0 Å². The Labute approximate surface area is 102 Å². The fourth-order valence-corrected chi connectivity index (χ4v) is 2.53. The summed E-state index contributed by atoms with van der Waals surface area (Å²) in [5.41, 5.74) is 0. The molecule has 2 aliphatic rings. The summed E-state index contributed by atoms with van der Waals surface area (Å²) in [6, 6.07) is 0.211. The first-order chi connectivity index (χ1) is 8.20. The predicted molar refractivity (Wildman–Crippen MR) is 64.5 cm³/mol. The second-order valence-corrected chi connectivity index (χ2v) is 4.89. The topological polar surface area (TPSA) is 52.7 Å². The summed E-state index contributed by atoms with van der Waals surface area (Å²) in [6.07, 6.45) is 3.19. The zero-order chi connectivity index (χ0) is 12.3. The van der Waals surface area contributed by atoms with Gasteiger partial charge in [-0.3, -0.25) is 9.59 Å². The lowest BCUT2D eigenvalue weighted by atomic mass is 10.0. The fraction of sp³-hybridized carbons (Fsp3) is 0.833. The van der Waals surface area contributed by atoms with Gasteiger partial charge in [-0.05, 0) is 26.2 Å². The summed E-state index contributed by atoms with van der Waals surface area (Å²) >= 11 is 0. The maximum Gasteiger partial charge on any atom is 0.312 e. The second kappa shape index (κ2) is 5.49. The molecule has 2 rings (SSSR count). The van der Waals surface area contributed by atoms with Gasteiger partial charge in [-0.1, -0.05) is 0 Å². The summed E-state index contributed by atoms with van der Waals surface area (Å²) in [6.45, 7) is 5.63. The molecule has 0 aliphatic carbocycles. The van der Waals surface area contributed by atoms with Crippen molar-refractivity contribution in [2.75, 3.05) is 32.7 Å². The van der Waals surface area contributed by atoms with E-state index >= 15 is 0 Å². The molecule has 1 N–H and O–H groups in total. The average Bonchev–Trinajstić information content (AvgIpc) is 2.39. The van der Waals surface area contributed by atoms with Crippen molar-refractivity contribution in [2.45, 2.75) is 32.2 Å². The maximum absolute atomic E-state index is 12.1. The lowest BCUT2D eigenvalue weighted by molar-refractivity contribution is -0.154. The Kier molecular flexibility index (Phi) is 3.99. The maximum atomic E-state index is 12.1. The van der Waals surface area contributed by atoms with Gasteiger partial charge in [-0.15, -0.1) is 0 Å². The van der Waals surface area contributed by atoms with Crippen LogP contribution in [0.25, 0.3) is 0 Å². The number of piperazine rings is 1. The van der Waals surface area contributed by atoms with Crippen molar-refractivity contribution in [1.29, 1.82) is 0 Å². The molecule has 2 amide bonds. The van der Waals surface area contributed by atoms with Crippen LogP contribution in [0.5, 0.6) is 0 Å². The molecule has 1 unspecified atom stereocenters. The van der Waals surface area contributed by atoms with Crippen molar-refractivity contribution >= 4 is 11.8 Å². The van der Waals surface area contributed by atoms with Gasteiger partial charge >= 0.3 is 11.8 Å². The van der Waals surface area contributed by atoms with E-state index in [1.165, 1.54) is 0 Å². The minimum absolute atomic E-state index is 0.211. The van der Waals surface area contributed by atoms with E-state index in [4.69, 9.17) is 0 Å². The number of hydrogen-bond donors (Lipinski definition) is 1. The molecule has 2 heterocycles. The number of hydrogen-bond acceptors (Lipinski definition) is 3. The quantitative estimate of drug-likeness (QED) is 0.597. The van der Waals surface area contributed by atoms with Crippen LogP contribution >= 0.6 is 0 Å². The van der Waals surface area contributed by atoms with Crippen molar-refractivity contribution in [3.05, 3.63) is 0 Å². The second-order valence-electron chi connectivity index (χ2n) is 4.89. The molecule has 96 valence electrons. The van der Waals surface area contributed by atoms with Crippen LogP contribution < -0.4 is 5.32 Å². The lowest BCUT2D eigenvalue weighted by Gasteiger charge is -2.35. The number of piperidine rings is 1. The molecule has 5 nitrogen and oxygen atoms in total. The largest absolute Gasteiger partial charge is 0.332 e. The standard InChI is InChI=1S/C12H21N3O2/c1-10-4-2-3-7-15(10)12(17)11(16)14-8-5-13-6-9-14/h10,13H,2-9H2,1H3. The number of nitrogens with zero attached hydrogens (tertiary/aromatic N) is 2. The van der Waals surface area contributed by atoms with Gasteiger partial charge in [0.05, 0.1) is 0 Å². The molecule has 0 aromatic carbocycles. The molecular weight excluding hydrogens is 218 g/mol. The van der Waals surface area contributed by atoms with Gasteiger partial charge in [0.2, 0.25) is 0 Å². The first-order valence-corrected chi connectivity index (χ1v) is 6.51. The van der Waals surface area contributed by atoms with Gasteiger partial charge in [0.15, 0.2) is 0 Å². The van der Waals surface area contributed by atoms with Crippen molar-refractivity contribution in [2.24, 2.45) is 0 Å². The predicted octanol–water partition coefficient (Wildman–Crippen LogP) is -0.181. The highest BCUT2D eigenvalue weighted by atomic mass is 16.2. The van der Waals surface area contributed by atoms with Gasteiger partial charge in [0.25, 0.3) is 0 Å². The Hall–Kier alpha value is -1.10. The number of carbonyl (C=O) groups is 2. The molecule has 0 spiro atoms. The van der Waals surface area contributed by atoms with E-state index in [-0.39, 0.29) is 17.9 Å². The SMILES string of the molecule is CC1CCCCN1C(=O)C(=O)N1CCNCC1. The third-order valence-corrected chi connectivity index (χ3v) is 3.65. The van der Waals surface area contributed by atoms with Crippen LogP contribution in [0.4, 0.5) is 0 Å². The Morgan fingerprint density at radius 1 is 1.06 bits per heavy atom. The minimum atomic E-state index is -0.319. The van der Waals surface area contributed by atoms with Crippen molar-refractivity contribution in [1.82, 2.24) is 15.1 Å². The third-order valence-electron chi connectivity index (χ3n) is 3.65. The molecule has 0 aromatic rings. The number of amides is 2. The van der Waals surface area contributed by atoms with E-state index in [1.54, 1.807) is 9.80 Å². The Morgan fingerprint density at radius 2 is 1.76 bits per heavy atom. The molecule has 5 heteroatoms. The smallest absolute Gasteiger partial charge is 0.312 e. The van der Waals surface area contributed by atoms with E-state index in [0.717, 1.165) is 38.9 Å². The van der Waals surface area contributed by atoms with Gasteiger partial charge in [-0.2, -0.15) is 0 Å². The van der Waals surface area contributed by atoms with Gasteiger partial charge in [-0.25, -0.2) is 0 Å². The highest BCUT2D eigenvalue weighted by Crippen LogP contribution is 2.17. The zero-order valence-corrected chi connectivity index (χ0v) is 10.4. The van der Waals surface area contributed by atoms with Crippen LogP contribution in [-0.2, 0) is 9.59 Å². The molecule has 2 aliphatic heterocycles.